The lowest BCUT2D eigenvalue weighted by Gasteiger charge is -2.19. The van der Waals surface area contributed by atoms with Crippen molar-refractivity contribution in [3.63, 3.8) is 0 Å². The molecule has 0 aliphatic carbocycles. The van der Waals surface area contributed by atoms with Gasteiger partial charge in [0.05, 0.1) is 5.39 Å². The summed E-state index contributed by atoms with van der Waals surface area (Å²) < 4.78 is 6.10. The fourth-order valence-electron chi connectivity index (χ4n) is 2.70. The van der Waals surface area contributed by atoms with Gasteiger partial charge in [-0.05, 0) is 25.5 Å². The zero-order valence-corrected chi connectivity index (χ0v) is 12.9. The fourth-order valence-corrected chi connectivity index (χ4v) is 2.70. The molecular formula is C19H19NO2. The van der Waals surface area contributed by atoms with Crippen LogP contribution in [0.15, 0.2) is 63.8 Å². The molecule has 1 heterocycles. The van der Waals surface area contributed by atoms with E-state index >= 15 is 0 Å². The van der Waals surface area contributed by atoms with E-state index < -0.39 is 0 Å². The maximum atomic E-state index is 12.4. The van der Waals surface area contributed by atoms with Gasteiger partial charge in [-0.15, -0.1) is 0 Å². The standard InChI is InChI=1S/C19H19NO2/c1-3-20(4-2)18-13-17(21)16-12-8-11-15(19(16)22-18)14-9-6-5-7-10-14/h5-13H,3-4H2,1-2H3. The van der Waals surface area contributed by atoms with E-state index in [1.165, 1.54) is 0 Å². The lowest BCUT2D eigenvalue weighted by Crippen LogP contribution is -2.23. The Morgan fingerprint density at radius 3 is 2.36 bits per heavy atom. The molecule has 3 heteroatoms. The first-order valence-electron chi connectivity index (χ1n) is 7.61. The molecule has 3 aromatic rings. The van der Waals surface area contributed by atoms with Crippen LogP contribution in [0.3, 0.4) is 0 Å². The molecule has 22 heavy (non-hydrogen) atoms. The number of nitrogens with zero attached hydrogens (tertiary/aromatic N) is 1. The second-order valence-corrected chi connectivity index (χ2v) is 5.17. The van der Waals surface area contributed by atoms with Crippen molar-refractivity contribution >= 4 is 16.9 Å². The van der Waals surface area contributed by atoms with E-state index in [0.29, 0.717) is 16.9 Å². The summed E-state index contributed by atoms with van der Waals surface area (Å²) in [6, 6.07) is 17.3. The lowest BCUT2D eigenvalue weighted by atomic mass is 10.0. The van der Waals surface area contributed by atoms with Gasteiger partial charge in [0.15, 0.2) is 11.3 Å². The van der Waals surface area contributed by atoms with Crippen molar-refractivity contribution in [2.75, 3.05) is 18.0 Å². The number of fused-ring (bicyclic) bond motifs is 1. The van der Waals surface area contributed by atoms with Gasteiger partial charge in [-0.1, -0.05) is 42.5 Å². The van der Waals surface area contributed by atoms with Crippen LogP contribution in [0.1, 0.15) is 13.8 Å². The van der Waals surface area contributed by atoms with Crippen molar-refractivity contribution in [1.82, 2.24) is 0 Å². The predicted molar refractivity (Wildman–Crippen MR) is 91.5 cm³/mol. The molecule has 0 unspecified atom stereocenters. The highest BCUT2D eigenvalue weighted by Crippen LogP contribution is 2.29. The van der Waals surface area contributed by atoms with Crippen LogP contribution in [0.4, 0.5) is 5.88 Å². The Balaban J connectivity index is 2.29. The number of benzene rings is 2. The quantitative estimate of drug-likeness (QED) is 0.719. The van der Waals surface area contributed by atoms with Crippen molar-refractivity contribution in [3.05, 3.63) is 64.8 Å². The molecule has 0 amide bonds. The van der Waals surface area contributed by atoms with Crippen molar-refractivity contribution in [2.24, 2.45) is 0 Å². The van der Waals surface area contributed by atoms with Gasteiger partial charge in [-0.3, -0.25) is 4.79 Å². The van der Waals surface area contributed by atoms with E-state index in [-0.39, 0.29) is 5.43 Å². The van der Waals surface area contributed by atoms with Gasteiger partial charge in [-0.25, -0.2) is 0 Å². The molecule has 0 aliphatic heterocycles. The lowest BCUT2D eigenvalue weighted by molar-refractivity contribution is 0.579. The third kappa shape index (κ3) is 2.50. The monoisotopic (exact) mass is 293 g/mol. The molecule has 0 atom stereocenters. The van der Waals surface area contributed by atoms with Crippen molar-refractivity contribution in [3.8, 4) is 11.1 Å². The van der Waals surface area contributed by atoms with Crippen LogP contribution in [0.5, 0.6) is 0 Å². The highest BCUT2D eigenvalue weighted by atomic mass is 16.4. The Labute approximate surface area is 129 Å². The smallest absolute Gasteiger partial charge is 0.199 e. The molecule has 1 aromatic heterocycles. The molecule has 0 bridgehead atoms. The minimum absolute atomic E-state index is 0.000862. The Bertz CT molecular complexity index is 833. The molecule has 0 radical (unpaired) electrons. The van der Waals surface area contributed by atoms with Gasteiger partial charge in [0.25, 0.3) is 0 Å². The molecule has 3 rings (SSSR count). The first-order chi connectivity index (χ1) is 10.7. The summed E-state index contributed by atoms with van der Waals surface area (Å²) in [5.74, 6) is 0.630. The molecule has 0 saturated heterocycles. The maximum absolute atomic E-state index is 12.4. The third-order valence-electron chi connectivity index (χ3n) is 3.90. The number of rotatable bonds is 4. The Morgan fingerprint density at radius 2 is 1.68 bits per heavy atom. The van der Waals surface area contributed by atoms with E-state index in [1.807, 2.05) is 53.4 Å². The molecule has 0 N–H and O–H groups in total. The predicted octanol–water partition coefficient (Wildman–Crippen LogP) is 4.31. The van der Waals surface area contributed by atoms with Crippen LogP contribution in [0, 0.1) is 0 Å². The van der Waals surface area contributed by atoms with Crippen molar-refractivity contribution in [2.45, 2.75) is 13.8 Å². The highest BCUT2D eigenvalue weighted by Gasteiger charge is 2.13. The van der Waals surface area contributed by atoms with Gasteiger partial charge < -0.3 is 9.32 Å². The molecule has 0 fully saturated rings. The van der Waals surface area contributed by atoms with Gasteiger partial charge in [0, 0.05) is 24.7 Å². The zero-order chi connectivity index (χ0) is 15.5. The number of hydrogen-bond donors (Lipinski definition) is 0. The van der Waals surface area contributed by atoms with Crippen LogP contribution in [0.2, 0.25) is 0 Å². The largest absolute Gasteiger partial charge is 0.440 e. The van der Waals surface area contributed by atoms with Gasteiger partial charge in [0.2, 0.25) is 0 Å². The molecule has 112 valence electrons. The molecule has 0 spiro atoms. The second kappa shape index (κ2) is 6.06. The number of para-hydroxylation sites is 1. The number of anilines is 1. The van der Waals surface area contributed by atoms with Crippen LogP contribution < -0.4 is 10.3 Å². The maximum Gasteiger partial charge on any atom is 0.199 e. The third-order valence-corrected chi connectivity index (χ3v) is 3.90. The van der Waals surface area contributed by atoms with Gasteiger partial charge >= 0.3 is 0 Å². The van der Waals surface area contributed by atoms with E-state index in [0.717, 1.165) is 24.2 Å². The summed E-state index contributed by atoms with van der Waals surface area (Å²) in [6.07, 6.45) is 0. The average Bonchev–Trinajstić information content (AvgIpc) is 2.56. The average molecular weight is 293 g/mol. The minimum atomic E-state index is 0.000862. The van der Waals surface area contributed by atoms with Crippen molar-refractivity contribution < 1.29 is 4.42 Å². The second-order valence-electron chi connectivity index (χ2n) is 5.17. The summed E-state index contributed by atoms with van der Waals surface area (Å²) in [7, 11) is 0. The van der Waals surface area contributed by atoms with E-state index in [1.54, 1.807) is 6.07 Å². The molecule has 2 aromatic carbocycles. The summed E-state index contributed by atoms with van der Waals surface area (Å²) >= 11 is 0. The normalized spacial score (nSPS) is 10.8. The van der Waals surface area contributed by atoms with Crippen LogP contribution >= 0.6 is 0 Å². The fraction of sp³-hybridized carbons (Fsp3) is 0.211. The topological polar surface area (TPSA) is 33.5 Å². The van der Waals surface area contributed by atoms with Crippen LogP contribution in [-0.4, -0.2) is 13.1 Å². The summed E-state index contributed by atoms with van der Waals surface area (Å²) in [5.41, 5.74) is 2.65. The van der Waals surface area contributed by atoms with Crippen LogP contribution in [0.25, 0.3) is 22.1 Å². The van der Waals surface area contributed by atoms with Gasteiger partial charge in [0.1, 0.15) is 5.58 Å². The first kappa shape index (κ1) is 14.4. The number of hydrogen-bond acceptors (Lipinski definition) is 3. The molecule has 3 nitrogen and oxygen atoms in total. The van der Waals surface area contributed by atoms with E-state index in [4.69, 9.17) is 4.42 Å². The van der Waals surface area contributed by atoms with Gasteiger partial charge in [-0.2, -0.15) is 0 Å². The Morgan fingerprint density at radius 1 is 0.955 bits per heavy atom. The minimum Gasteiger partial charge on any atom is -0.440 e. The van der Waals surface area contributed by atoms with Crippen LogP contribution in [-0.2, 0) is 0 Å². The molecular weight excluding hydrogens is 274 g/mol. The SMILES string of the molecule is CCN(CC)c1cc(=O)c2cccc(-c3ccccc3)c2o1. The summed E-state index contributed by atoms with van der Waals surface area (Å²) in [6.45, 7) is 5.71. The Hall–Kier alpha value is -2.55. The van der Waals surface area contributed by atoms with E-state index in [9.17, 15) is 4.79 Å². The molecule has 0 aliphatic rings. The molecule has 0 saturated carbocycles. The highest BCUT2D eigenvalue weighted by molar-refractivity contribution is 5.92. The van der Waals surface area contributed by atoms with Crippen molar-refractivity contribution in [1.29, 1.82) is 0 Å². The summed E-state index contributed by atoms with van der Waals surface area (Å²) in [4.78, 5) is 14.5. The first-order valence-corrected chi connectivity index (χ1v) is 7.61. The van der Waals surface area contributed by atoms with E-state index in [2.05, 4.69) is 13.8 Å². The Kier molecular flexibility index (Phi) is 3.96. The summed E-state index contributed by atoms with van der Waals surface area (Å²) in [5, 5.41) is 0.622. The zero-order valence-electron chi connectivity index (χ0n) is 12.9.